The Morgan fingerprint density at radius 2 is 1.94 bits per heavy atom. The van der Waals surface area contributed by atoms with Gasteiger partial charge in [-0.15, -0.1) is 0 Å². The molecule has 1 aromatic carbocycles. The topological polar surface area (TPSA) is 52.9 Å². The van der Waals surface area contributed by atoms with Gasteiger partial charge in [-0.05, 0) is 12.1 Å². The molecule has 1 atom stereocenters. The third kappa shape index (κ3) is 2.13. The summed E-state index contributed by atoms with van der Waals surface area (Å²) in [7, 11) is 0. The van der Waals surface area contributed by atoms with Crippen LogP contribution in [0.3, 0.4) is 0 Å². The van der Waals surface area contributed by atoms with Crippen LogP contribution < -0.4 is 14.8 Å². The molecule has 1 fully saturated rings. The first-order chi connectivity index (χ1) is 8.84. The summed E-state index contributed by atoms with van der Waals surface area (Å²) in [6, 6.07) is 7.42. The summed E-state index contributed by atoms with van der Waals surface area (Å²) in [5, 5.41) is 4.22. The largest absolute Gasteiger partial charge is 0.485 e. The Kier molecular flexibility index (Phi) is 3.06. The number of benzene rings is 1. The van der Waals surface area contributed by atoms with Crippen molar-refractivity contribution in [3.8, 4) is 11.5 Å². The summed E-state index contributed by atoms with van der Waals surface area (Å²) in [6.07, 6.45) is -0.530. The van der Waals surface area contributed by atoms with Gasteiger partial charge in [0, 0.05) is 26.2 Å². The fourth-order valence-corrected chi connectivity index (χ4v) is 2.17. The number of carbonyl (C=O) groups is 1. The van der Waals surface area contributed by atoms with Gasteiger partial charge in [-0.3, -0.25) is 4.79 Å². The van der Waals surface area contributed by atoms with Crippen LogP contribution >= 0.6 is 0 Å². The second-order valence-corrected chi connectivity index (χ2v) is 4.36. The summed E-state index contributed by atoms with van der Waals surface area (Å²) in [6.45, 7) is 3.08. The predicted molar refractivity (Wildman–Crippen MR) is 64.8 cm³/mol. The van der Waals surface area contributed by atoms with Crippen molar-refractivity contribution in [1.29, 1.82) is 0 Å². The average molecular weight is 247 g/mol. The van der Waals surface area contributed by atoms with E-state index in [0.717, 1.165) is 13.1 Å². The lowest BCUT2D eigenvalue weighted by Gasteiger charge is -2.32. The van der Waals surface area contributed by atoms with E-state index in [1.54, 1.807) is 4.90 Å². The number of fused-ring (bicyclic) bond motifs is 1. The highest BCUT2D eigenvalue weighted by atomic mass is 16.6. The lowest BCUT2D eigenvalue weighted by Crippen LogP contribution is -2.51. The minimum Gasteiger partial charge on any atom is -0.485 e. The number of piperazine rings is 1. The average Bonchev–Trinajstić information content (AvgIpc) is 2.47. The van der Waals surface area contributed by atoms with Crippen molar-refractivity contribution in [2.75, 3.05) is 32.8 Å². The first-order valence-corrected chi connectivity index (χ1v) is 6.15. The quantitative estimate of drug-likeness (QED) is 0.716. The predicted octanol–water partition coefficient (Wildman–Crippen LogP) is 0.273. The second-order valence-electron chi connectivity index (χ2n) is 4.36. The number of hydrogen-bond acceptors (Lipinski definition) is 3. The van der Waals surface area contributed by atoms with Crippen LogP contribution in [0.2, 0.25) is 0 Å². The lowest BCUT2D eigenvalue weighted by atomic mass is 10.2. The molecule has 1 radical (unpaired) electrons. The van der Waals surface area contributed by atoms with Crippen molar-refractivity contribution < 1.29 is 14.3 Å². The van der Waals surface area contributed by atoms with Gasteiger partial charge in [-0.25, -0.2) is 5.32 Å². The molecule has 5 nitrogen and oxygen atoms in total. The SMILES string of the molecule is O=C(C1COc2ccccc2O1)N1CC[N]CC1. The zero-order valence-electron chi connectivity index (χ0n) is 10.0. The summed E-state index contributed by atoms with van der Waals surface area (Å²) >= 11 is 0. The molecular weight excluding hydrogens is 232 g/mol. The van der Waals surface area contributed by atoms with Gasteiger partial charge < -0.3 is 14.4 Å². The summed E-state index contributed by atoms with van der Waals surface area (Å²) in [4.78, 5) is 14.0. The van der Waals surface area contributed by atoms with Gasteiger partial charge in [-0.1, -0.05) is 12.1 Å². The van der Waals surface area contributed by atoms with E-state index < -0.39 is 6.10 Å². The van der Waals surface area contributed by atoms with E-state index in [-0.39, 0.29) is 12.5 Å². The van der Waals surface area contributed by atoms with Crippen LogP contribution in [0.1, 0.15) is 0 Å². The molecule has 0 N–H and O–H groups in total. The van der Waals surface area contributed by atoms with E-state index in [1.807, 2.05) is 24.3 Å². The van der Waals surface area contributed by atoms with Crippen molar-refractivity contribution in [2.24, 2.45) is 0 Å². The van der Waals surface area contributed by atoms with E-state index in [0.29, 0.717) is 24.6 Å². The van der Waals surface area contributed by atoms with E-state index >= 15 is 0 Å². The van der Waals surface area contributed by atoms with Crippen molar-refractivity contribution in [3.05, 3.63) is 24.3 Å². The normalized spacial score (nSPS) is 22.7. The fourth-order valence-electron chi connectivity index (χ4n) is 2.17. The Balaban J connectivity index is 1.69. The maximum atomic E-state index is 12.2. The zero-order valence-corrected chi connectivity index (χ0v) is 10.0. The fraction of sp³-hybridized carbons (Fsp3) is 0.462. The molecule has 0 saturated carbocycles. The highest BCUT2D eigenvalue weighted by Crippen LogP contribution is 2.31. The molecule has 95 valence electrons. The highest BCUT2D eigenvalue weighted by Gasteiger charge is 2.31. The van der Waals surface area contributed by atoms with Crippen molar-refractivity contribution >= 4 is 5.91 Å². The van der Waals surface area contributed by atoms with Crippen LogP contribution in [-0.4, -0.2) is 49.7 Å². The number of carbonyl (C=O) groups excluding carboxylic acids is 1. The van der Waals surface area contributed by atoms with Crippen LogP contribution in [0, 0.1) is 0 Å². The molecule has 3 rings (SSSR count). The van der Waals surface area contributed by atoms with Gasteiger partial charge in [-0.2, -0.15) is 0 Å². The van der Waals surface area contributed by atoms with Crippen LogP contribution in [-0.2, 0) is 4.79 Å². The van der Waals surface area contributed by atoms with Crippen LogP contribution in [0.15, 0.2) is 24.3 Å². The maximum absolute atomic E-state index is 12.2. The minimum atomic E-state index is -0.530. The molecule has 1 saturated heterocycles. The molecule has 0 aromatic heterocycles. The number of amides is 1. The maximum Gasteiger partial charge on any atom is 0.267 e. The molecule has 1 amide bonds. The van der Waals surface area contributed by atoms with E-state index in [2.05, 4.69) is 5.32 Å². The van der Waals surface area contributed by atoms with Gasteiger partial charge in [0.25, 0.3) is 5.91 Å². The van der Waals surface area contributed by atoms with Crippen molar-refractivity contribution in [2.45, 2.75) is 6.10 Å². The Hall–Kier alpha value is -1.75. The Bertz CT molecular complexity index is 444. The van der Waals surface area contributed by atoms with Gasteiger partial charge in [0.2, 0.25) is 6.10 Å². The standard InChI is InChI=1S/C13H15N2O3/c16-13(15-7-5-14-6-8-15)12-9-17-10-3-1-2-4-11(10)18-12/h1-4,12H,5-9H2. The van der Waals surface area contributed by atoms with Crippen LogP contribution in [0.5, 0.6) is 11.5 Å². The first kappa shape index (κ1) is 11.3. The number of para-hydroxylation sites is 2. The highest BCUT2D eigenvalue weighted by molar-refractivity contribution is 5.82. The lowest BCUT2D eigenvalue weighted by molar-refractivity contribution is -0.141. The number of nitrogens with zero attached hydrogens (tertiary/aromatic N) is 2. The summed E-state index contributed by atoms with van der Waals surface area (Å²) in [5.41, 5.74) is 0. The third-order valence-corrected chi connectivity index (χ3v) is 3.15. The van der Waals surface area contributed by atoms with Gasteiger partial charge in [0.05, 0.1) is 0 Å². The van der Waals surface area contributed by atoms with Gasteiger partial charge >= 0.3 is 0 Å². The third-order valence-electron chi connectivity index (χ3n) is 3.15. The van der Waals surface area contributed by atoms with Crippen LogP contribution in [0.4, 0.5) is 0 Å². The van der Waals surface area contributed by atoms with E-state index in [1.165, 1.54) is 0 Å². The molecule has 0 spiro atoms. The summed E-state index contributed by atoms with van der Waals surface area (Å²) in [5.74, 6) is 1.35. The van der Waals surface area contributed by atoms with E-state index in [4.69, 9.17) is 9.47 Å². The number of ether oxygens (including phenoxy) is 2. The first-order valence-electron chi connectivity index (χ1n) is 6.15. The molecule has 18 heavy (non-hydrogen) atoms. The number of rotatable bonds is 1. The second kappa shape index (κ2) is 4.86. The van der Waals surface area contributed by atoms with Crippen molar-refractivity contribution in [1.82, 2.24) is 10.2 Å². The Morgan fingerprint density at radius 3 is 2.72 bits per heavy atom. The van der Waals surface area contributed by atoms with Gasteiger partial charge in [0.1, 0.15) is 6.61 Å². The minimum absolute atomic E-state index is 0.000553. The van der Waals surface area contributed by atoms with Crippen LogP contribution in [0.25, 0.3) is 0 Å². The monoisotopic (exact) mass is 247 g/mol. The number of hydrogen-bond donors (Lipinski definition) is 0. The smallest absolute Gasteiger partial charge is 0.267 e. The van der Waals surface area contributed by atoms with E-state index in [9.17, 15) is 4.79 Å². The Labute approximate surface area is 106 Å². The van der Waals surface area contributed by atoms with Crippen molar-refractivity contribution in [3.63, 3.8) is 0 Å². The Morgan fingerprint density at radius 1 is 1.22 bits per heavy atom. The van der Waals surface area contributed by atoms with Gasteiger partial charge in [0.15, 0.2) is 11.5 Å². The molecular formula is C13H15N2O3. The molecule has 2 aliphatic heterocycles. The zero-order chi connectivity index (χ0) is 12.4. The molecule has 2 aliphatic rings. The molecule has 2 heterocycles. The molecule has 0 aliphatic carbocycles. The molecule has 0 bridgehead atoms. The summed E-state index contributed by atoms with van der Waals surface area (Å²) < 4.78 is 11.3. The molecule has 1 unspecified atom stereocenters. The molecule has 1 aromatic rings. The molecule has 5 heteroatoms.